The fraction of sp³-hybridized carbons (Fsp3) is 0.158. The van der Waals surface area contributed by atoms with Crippen molar-refractivity contribution in [3.05, 3.63) is 78.9 Å². The maximum absolute atomic E-state index is 5.30. The van der Waals surface area contributed by atoms with Crippen LogP contribution in [0.25, 0.3) is 5.70 Å². The van der Waals surface area contributed by atoms with Gasteiger partial charge >= 0.3 is 0 Å². The Morgan fingerprint density at radius 1 is 1.23 bits per heavy atom. The van der Waals surface area contributed by atoms with E-state index in [0.29, 0.717) is 12.4 Å². The lowest BCUT2D eigenvalue weighted by molar-refractivity contribution is 0.131. The highest BCUT2D eigenvalue weighted by atomic mass is 16.6. The second-order valence-electron chi connectivity index (χ2n) is 5.65. The molecule has 0 radical (unpaired) electrons. The normalized spacial score (nSPS) is 10.8. The van der Waals surface area contributed by atoms with Gasteiger partial charge in [0.05, 0.1) is 29.5 Å². The zero-order valence-electron chi connectivity index (χ0n) is 14.8. The standard InChI is InChI=1S/C19H20N6O/c1-15(24(2)17-7-5-9-21-11-17)18-12-22-19(25(18)3)13-23-26-14-16-6-4-8-20-10-16/h4-13H,1,14H2,2-3H3/b23-13+. The van der Waals surface area contributed by atoms with Crippen LogP contribution >= 0.6 is 0 Å². The van der Waals surface area contributed by atoms with Crippen molar-refractivity contribution in [1.29, 1.82) is 0 Å². The molecule has 0 N–H and O–H groups in total. The van der Waals surface area contributed by atoms with Crippen LogP contribution in [-0.4, -0.2) is 32.8 Å². The number of hydrogen-bond donors (Lipinski definition) is 0. The molecule has 7 heteroatoms. The van der Waals surface area contributed by atoms with Gasteiger partial charge in [0.1, 0.15) is 12.8 Å². The van der Waals surface area contributed by atoms with E-state index >= 15 is 0 Å². The Balaban J connectivity index is 1.65. The predicted molar refractivity (Wildman–Crippen MR) is 102 cm³/mol. The number of aromatic nitrogens is 4. The fourth-order valence-electron chi connectivity index (χ4n) is 2.37. The highest BCUT2D eigenvalue weighted by Crippen LogP contribution is 2.22. The Bertz CT molecular complexity index is 889. The molecule has 0 fully saturated rings. The van der Waals surface area contributed by atoms with Crippen molar-refractivity contribution < 1.29 is 4.84 Å². The Morgan fingerprint density at radius 3 is 2.69 bits per heavy atom. The van der Waals surface area contributed by atoms with Gasteiger partial charge in [0.2, 0.25) is 0 Å². The minimum absolute atomic E-state index is 0.359. The fourth-order valence-corrected chi connectivity index (χ4v) is 2.37. The Morgan fingerprint density at radius 2 is 2.00 bits per heavy atom. The Kier molecular flexibility index (Phi) is 5.38. The van der Waals surface area contributed by atoms with Crippen LogP contribution in [0.3, 0.4) is 0 Å². The number of nitrogens with zero attached hydrogens (tertiary/aromatic N) is 6. The van der Waals surface area contributed by atoms with Crippen LogP contribution < -0.4 is 4.90 Å². The summed E-state index contributed by atoms with van der Waals surface area (Å²) in [5.41, 5.74) is 3.60. The molecule has 0 bridgehead atoms. The highest BCUT2D eigenvalue weighted by Gasteiger charge is 2.13. The third kappa shape index (κ3) is 3.94. The van der Waals surface area contributed by atoms with Crippen molar-refractivity contribution in [2.45, 2.75) is 6.61 Å². The zero-order valence-corrected chi connectivity index (χ0v) is 14.8. The molecular weight excluding hydrogens is 328 g/mol. The third-order valence-electron chi connectivity index (χ3n) is 3.95. The summed E-state index contributed by atoms with van der Waals surface area (Å²) >= 11 is 0. The first-order chi connectivity index (χ1) is 12.7. The number of rotatable bonds is 7. The number of imidazole rings is 1. The quantitative estimate of drug-likeness (QED) is 0.485. The van der Waals surface area contributed by atoms with Crippen LogP contribution in [0.2, 0.25) is 0 Å². The zero-order chi connectivity index (χ0) is 18.4. The van der Waals surface area contributed by atoms with Crippen LogP contribution in [0, 0.1) is 0 Å². The summed E-state index contributed by atoms with van der Waals surface area (Å²) in [6.45, 7) is 4.53. The molecule has 0 amide bonds. The van der Waals surface area contributed by atoms with Crippen LogP contribution in [0.4, 0.5) is 5.69 Å². The first kappa shape index (κ1) is 17.3. The topological polar surface area (TPSA) is 68.4 Å². The largest absolute Gasteiger partial charge is 0.391 e. The molecule has 0 aliphatic carbocycles. The minimum Gasteiger partial charge on any atom is -0.391 e. The summed E-state index contributed by atoms with van der Waals surface area (Å²) in [5, 5.41) is 3.98. The van der Waals surface area contributed by atoms with Crippen molar-refractivity contribution in [3.63, 3.8) is 0 Å². The monoisotopic (exact) mass is 348 g/mol. The summed E-state index contributed by atoms with van der Waals surface area (Å²) < 4.78 is 1.91. The van der Waals surface area contributed by atoms with Gasteiger partial charge in [-0.05, 0) is 18.2 Å². The molecule has 0 aliphatic heterocycles. The van der Waals surface area contributed by atoms with Gasteiger partial charge in [-0.2, -0.15) is 0 Å². The maximum atomic E-state index is 5.30. The first-order valence-corrected chi connectivity index (χ1v) is 8.06. The van der Waals surface area contributed by atoms with E-state index in [1.807, 2.05) is 47.8 Å². The minimum atomic E-state index is 0.359. The van der Waals surface area contributed by atoms with E-state index in [-0.39, 0.29) is 0 Å². The van der Waals surface area contributed by atoms with Gasteiger partial charge < -0.3 is 14.3 Å². The lowest BCUT2D eigenvalue weighted by Crippen LogP contribution is -2.17. The molecule has 0 spiro atoms. The van der Waals surface area contributed by atoms with E-state index in [1.54, 1.807) is 37.2 Å². The molecule has 26 heavy (non-hydrogen) atoms. The van der Waals surface area contributed by atoms with Crippen molar-refractivity contribution in [3.8, 4) is 0 Å². The van der Waals surface area contributed by atoms with E-state index in [1.165, 1.54) is 0 Å². The molecule has 3 heterocycles. The van der Waals surface area contributed by atoms with Crippen LogP contribution in [0.15, 0.2) is 67.0 Å². The van der Waals surface area contributed by atoms with E-state index in [9.17, 15) is 0 Å². The van der Waals surface area contributed by atoms with Gasteiger partial charge in [0.15, 0.2) is 5.82 Å². The lowest BCUT2D eigenvalue weighted by Gasteiger charge is -2.21. The maximum Gasteiger partial charge on any atom is 0.154 e. The van der Waals surface area contributed by atoms with Gasteiger partial charge in [-0.15, -0.1) is 0 Å². The molecule has 132 valence electrons. The average Bonchev–Trinajstić information content (AvgIpc) is 3.06. The third-order valence-corrected chi connectivity index (χ3v) is 3.95. The van der Waals surface area contributed by atoms with Gasteiger partial charge in [-0.3, -0.25) is 9.97 Å². The van der Waals surface area contributed by atoms with Crippen molar-refractivity contribution in [2.24, 2.45) is 12.2 Å². The van der Waals surface area contributed by atoms with E-state index in [2.05, 4.69) is 26.7 Å². The smallest absolute Gasteiger partial charge is 0.154 e. The van der Waals surface area contributed by atoms with E-state index in [4.69, 9.17) is 4.84 Å². The Hall–Kier alpha value is -3.48. The van der Waals surface area contributed by atoms with Gasteiger partial charge in [0, 0.05) is 38.2 Å². The summed E-state index contributed by atoms with van der Waals surface area (Å²) in [5.74, 6) is 0.673. The highest BCUT2D eigenvalue weighted by molar-refractivity contribution is 5.79. The lowest BCUT2D eigenvalue weighted by atomic mass is 10.3. The summed E-state index contributed by atoms with van der Waals surface area (Å²) in [6, 6.07) is 7.65. The number of anilines is 1. The Labute approximate surface area is 152 Å². The molecule has 0 unspecified atom stereocenters. The van der Waals surface area contributed by atoms with Gasteiger partial charge in [-0.25, -0.2) is 4.98 Å². The van der Waals surface area contributed by atoms with Crippen molar-refractivity contribution in [1.82, 2.24) is 19.5 Å². The summed E-state index contributed by atoms with van der Waals surface area (Å²) in [6.07, 6.45) is 10.3. The molecule has 0 aliphatic rings. The van der Waals surface area contributed by atoms with Crippen molar-refractivity contribution in [2.75, 3.05) is 11.9 Å². The van der Waals surface area contributed by atoms with Crippen LogP contribution in [-0.2, 0) is 18.5 Å². The molecule has 3 aromatic heterocycles. The number of hydrogen-bond acceptors (Lipinski definition) is 6. The second kappa shape index (κ2) is 8.06. The SMILES string of the molecule is C=C(c1cnc(/C=N/OCc2cccnc2)n1C)N(C)c1cccnc1. The molecule has 0 aromatic carbocycles. The van der Waals surface area contributed by atoms with Crippen LogP contribution in [0.1, 0.15) is 17.1 Å². The number of pyridine rings is 2. The van der Waals surface area contributed by atoms with E-state index < -0.39 is 0 Å². The molecule has 3 rings (SSSR count). The summed E-state index contributed by atoms with van der Waals surface area (Å²) in [4.78, 5) is 19.8. The van der Waals surface area contributed by atoms with Crippen molar-refractivity contribution >= 4 is 17.6 Å². The average molecular weight is 348 g/mol. The summed E-state index contributed by atoms with van der Waals surface area (Å²) in [7, 11) is 3.85. The predicted octanol–water partition coefficient (Wildman–Crippen LogP) is 2.87. The molecule has 3 aromatic rings. The first-order valence-electron chi connectivity index (χ1n) is 8.06. The van der Waals surface area contributed by atoms with E-state index in [0.717, 1.165) is 22.6 Å². The molecule has 0 saturated heterocycles. The van der Waals surface area contributed by atoms with Gasteiger partial charge in [0.25, 0.3) is 0 Å². The molecule has 0 saturated carbocycles. The molecule has 0 atom stereocenters. The second-order valence-corrected chi connectivity index (χ2v) is 5.65. The van der Waals surface area contributed by atoms with Crippen LogP contribution in [0.5, 0.6) is 0 Å². The molecule has 7 nitrogen and oxygen atoms in total. The van der Waals surface area contributed by atoms with Gasteiger partial charge in [-0.1, -0.05) is 17.8 Å². The molecular formula is C19H20N6O. The number of oxime groups is 1.